The lowest BCUT2D eigenvalue weighted by atomic mass is 10.0. The van der Waals surface area contributed by atoms with Crippen LogP contribution < -0.4 is 0 Å². The molecule has 1 fully saturated rings. The Morgan fingerprint density at radius 2 is 1.91 bits per heavy atom. The molecule has 1 aliphatic rings. The van der Waals surface area contributed by atoms with E-state index in [0.717, 1.165) is 37.7 Å². The highest BCUT2D eigenvalue weighted by Crippen LogP contribution is 2.29. The second-order valence-corrected chi connectivity index (χ2v) is 6.19. The predicted molar refractivity (Wildman–Crippen MR) is 85.6 cm³/mol. The molecular weight excluding hydrogens is 278 g/mol. The lowest BCUT2D eigenvalue weighted by Crippen LogP contribution is -2.40. The summed E-state index contributed by atoms with van der Waals surface area (Å²) < 4.78 is 0. The number of ketones is 1. The van der Waals surface area contributed by atoms with Crippen LogP contribution in [0.15, 0.2) is 30.3 Å². The largest absolute Gasteiger partial charge is 0.480 e. The molecule has 0 bridgehead atoms. The Labute approximate surface area is 132 Å². The van der Waals surface area contributed by atoms with Crippen molar-refractivity contribution >= 4 is 11.8 Å². The molecule has 2 rings (SSSR count). The van der Waals surface area contributed by atoms with E-state index >= 15 is 0 Å². The third kappa shape index (κ3) is 4.67. The van der Waals surface area contributed by atoms with Crippen molar-refractivity contribution < 1.29 is 14.7 Å². The monoisotopic (exact) mass is 303 g/mol. The third-order valence-electron chi connectivity index (χ3n) is 4.45. The Morgan fingerprint density at radius 1 is 1.18 bits per heavy atom. The molecule has 1 heterocycles. The number of unbranched alkanes of at least 4 members (excludes halogenated alkanes) is 1. The van der Waals surface area contributed by atoms with Gasteiger partial charge < -0.3 is 9.90 Å². The SMILES string of the molecule is CC(=O)CCCCC1CCC(C(=O)O)N1Cc1ccccc1. The number of hydrogen-bond acceptors (Lipinski definition) is 3. The summed E-state index contributed by atoms with van der Waals surface area (Å²) in [7, 11) is 0. The fourth-order valence-corrected chi connectivity index (χ4v) is 3.30. The smallest absolute Gasteiger partial charge is 0.320 e. The number of benzene rings is 1. The summed E-state index contributed by atoms with van der Waals surface area (Å²) >= 11 is 0. The van der Waals surface area contributed by atoms with Gasteiger partial charge in [-0.3, -0.25) is 9.69 Å². The first-order chi connectivity index (χ1) is 10.6. The van der Waals surface area contributed by atoms with Crippen LogP contribution >= 0.6 is 0 Å². The first-order valence-electron chi connectivity index (χ1n) is 8.10. The van der Waals surface area contributed by atoms with Gasteiger partial charge in [0.1, 0.15) is 11.8 Å². The first kappa shape index (κ1) is 16.7. The number of likely N-dealkylation sites (tertiary alicyclic amines) is 1. The van der Waals surface area contributed by atoms with Crippen LogP contribution in [0.2, 0.25) is 0 Å². The van der Waals surface area contributed by atoms with Crippen LogP contribution in [-0.4, -0.2) is 33.8 Å². The van der Waals surface area contributed by atoms with E-state index in [1.165, 1.54) is 0 Å². The zero-order chi connectivity index (χ0) is 15.9. The maximum absolute atomic E-state index is 11.5. The molecule has 2 unspecified atom stereocenters. The number of nitrogens with zero attached hydrogens (tertiary/aromatic N) is 1. The topological polar surface area (TPSA) is 57.6 Å². The number of aliphatic carboxylic acids is 1. The van der Waals surface area contributed by atoms with E-state index in [9.17, 15) is 14.7 Å². The molecule has 0 saturated carbocycles. The average Bonchev–Trinajstić information content (AvgIpc) is 2.87. The van der Waals surface area contributed by atoms with Gasteiger partial charge in [0, 0.05) is 19.0 Å². The summed E-state index contributed by atoms with van der Waals surface area (Å²) in [5.41, 5.74) is 1.16. The van der Waals surface area contributed by atoms with E-state index in [2.05, 4.69) is 4.90 Å². The van der Waals surface area contributed by atoms with E-state index in [1.807, 2.05) is 30.3 Å². The van der Waals surface area contributed by atoms with Gasteiger partial charge in [0.25, 0.3) is 0 Å². The summed E-state index contributed by atoms with van der Waals surface area (Å²) in [5, 5.41) is 9.44. The molecule has 4 heteroatoms. The first-order valence-corrected chi connectivity index (χ1v) is 8.10. The number of carboxylic acids is 1. The van der Waals surface area contributed by atoms with Gasteiger partial charge >= 0.3 is 5.97 Å². The molecule has 0 aromatic heterocycles. The van der Waals surface area contributed by atoms with Gasteiger partial charge in [-0.15, -0.1) is 0 Å². The molecule has 0 radical (unpaired) electrons. The summed E-state index contributed by atoms with van der Waals surface area (Å²) in [6.07, 6.45) is 5.16. The Hall–Kier alpha value is -1.68. The number of carboxylic acid groups (broad SMARTS) is 1. The second kappa shape index (κ2) is 8.08. The molecule has 1 N–H and O–H groups in total. The standard InChI is InChI=1S/C18H25NO3/c1-14(20)7-5-6-10-16-11-12-17(18(21)22)19(16)13-15-8-3-2-4-9-15/h2-4,8-9,16-17H,5-7,10-13H2,1H3,(H,21,22). The maximum Gasteiger partial charge on any atom is 0.320 e. The Bertz CT molecular complexity index is 500. The fraction of sp³-hybridized carbons (Fsp3) is 0.556. The summed E-state index contributed by atoms with van der Waals surface area (Å²) in [6.45, 7) is 2.31. The summed E-state index contributed by atoms with van der Waals surface area (Å²) in [4.78, 5) is 24.6. The number of carbonyl (C=O) groups excluding carboxylic acids is 1. The van der Waals surface area contributed by atoms with Gasteiger partial charge in [-0.05, 0) is 38.2 Å². The van der Waals surface area contributed by atoms with Crippen molar-refractivity contribution in [3.05, 3.63) is 35.9 Å². The molecule has 120 valence electrons. The number of hydrogen-bond donors (Lipinski definition) is 1. The van der Waals surface area contributed by atoms with Crippen LogP contribution in [0.5, 0.6) is 0 Å². The third-order valence-corrected chi connectivity index (χ3v) is 4.45. The molecule has 0 aliphatic carbocycles. The van der Waals surface area contributed by atoms with Crippen LogP contribution in [0.3, 0.4) is 0 Å². The molecule has 1 aliphatic heterocycles. The minimum Gasteiger partial charge on any atom is -0.480 e. The van der Waals surface area contributed by atoms with Gasteiger partial charge in [0.2, 0.25) is 0 Å². The van der Waals surface area contributed by atoms with Crippen LogP contribution in [0, 0.1) is 0 Å². The van der Waals surface area contributed by atoms with Crippen molar-refractivity contribution in [1.29, 1.82) is 0 Å². The molecule has 22 heavy (non-hydrogen) atoms. The molecule has 1 aromatic carbocycles. The molecule has 2 atom stereocenters. The second-order valence-electron chi connectivity index (χ2n) is 6.19. The average molecular weight is 303 g/mol. The molecule has 4 nitrogen and oxygen atoms in total. The summed E-state index contributed by atoms with van der Waals surface area (Å²) in [6, 6.07) is 9.98. The van der Waals surface area contributed by atoms with Gasteiger partial charge in [0.15, 0.2) is 0 Å². The van der Waals surface area contributed by atoms with Gasteiger partial charge in [-0.1, -0.05) is 36.8 Å². The zero-order valence-corrected chi connectivity index (χ0v) is 13.2. The van der Waals surface area contributed by atoms with E-state index in [-0.39, 0.29) is 11.8 Å². The van der Waals surface area contributed by atoms with Crippen LogP contribution in [0.25, 0.3) is 0 Å². The van der Waals surface area contributed by atoms with E-state index in [4.69, 9.17) is 0 Å². The van der Waals surface area contributed by atoms with Crippen molar-refractivity contribution in [2.75, 3.05) is 0 Å². The normalized spacial score (nSPS) is 21.9. The lowest BCUT2D eigenvalue weighted by Gasteiger charge is -2.28. The van der Waals surface area contributed by atoms with Crippen molar-refractivity contribution in [1.82, 2.24) is 4.90 Å². The quantitative estimate of drug-likeness (QED) is 0.749. The molecule has 0 amide bonds. The van der Waals surface area contributed by atoms with E-state index in [0.29, 0.717) is 19.0 Å². The highest BCUT2D eigenvalue weighted by Gasteiger charge is 2.37. The Kier molecular flexibility index (Phi) is 6.13. The van der Waals surface area contributed by atoms with E-state index < -0.39 is 5.97 Å². The van der Waals surface area contributed by atoms with Gasteiger partial charge in [-0.2, -0.15) is 0 Å². The van der Waals surface area contributed by atoms with Gasteiger partial charge in [0.05, 0.1) is 0 Å². The fourth-order valence-electron chi connectivity index (χ4n) is 3.30. The molecule has 1 aromatic rings. The Morgan fingerprint density at radius 3 is 2.55 bits per heavy atom. The zero-order valence-electron chi connectivity index (χ0n) is 13.2. The molecule has 0 spiro atoms. The number of Topliss-reactive ketones (excluding diaryl/α,β-unsaturated/α-hetero) is 1. The maximum atomic E-state index is 11.5. The highest BCUT2D eigenvalue weighted by atomic mass is 16.4. The predicted octanol–water partition coefficient (Wildman–Crippen LogP) is 3.25. The van der Waals surface area contributed by atoms with Crippen LogP contribution in [0.1, 0.15) is 51.0 Å². The lowest BCUT2D eigenvalue weighted by molar-refractivity contribution is -0.142. The minimum atomic E-state index is -0.720. The number of rotatable bonds is 8. The van der Waals surface area contributed by atoms with Crippen molar-refractivity contribution in [2.24, 2.45) is 0 Å². The molecular formula is C18H25NO3. The minimum absolute atomic E-state index is 0.232. The van der Waals surface area contributed by atoms with Crippen molar-refractivity contribution in [2.45, 2.75) is 64.1 Å². The summed E-state index contributed by atoms with van der Waals surface area (Å²) in [5.74, 6) is -0.488. The van der Waals surface area contributed by atoms with Crippen LogP contribution in [0.4, 0.5) is 0 Å². The van der Waals surface area contributed by atoms with Gasteiger partial charge in [-0.25, -0.2) is 0 Å². The number of carbonyl (C=O) groups is 2. The Balaban J connectivity index is 1.95. The molecule has 1 saturated heterocycles. The van der Waals surface area contributed by atoms with Crippen molar-refractivity contribution in [3.8, 4) is 0 Å². The van der Waals surface area contributed by atoms with Crippen LogP contribution in [-0.2, 0) is 16.1 Å². The van der Waals surface area contributed by atoms with Crippen molar-refractivity contribution in [3.63, 3.8) is 0 Å². The highest BCUT2D eigenvalue weighted by molar-refractivity contribution is 5.75. The van der Waals surface area contributed by atoms with E-state index in [1.54, 1.807) is 6.92 Å².